The number of nitrogens with zero attached hydrogens (tertiary/aromatic N) is 1. The van der Waals surface area contributed by atoms with Crippen LogP contribution in [0.2, 0.25) is 0 Å². The lowest BCUT2D eigenvalue weighted by Crippen LogP contribution is -2.44. The van der Waals surface area contributed by atoms with Crippen LogP contribution in [0.5, 0.6) is 0 Å². The van der Waals surface area contributed by atoms with Crippen molar-refractivity contribution in [3.8, 4) is 0 Å². The molecular formula is C14H19BrN2O. The maximum Gasteiger partial charge on any atom is 0.321 e. The Balaban J connectivity index is 2.02. The Bertz CT molecular complexity index is 426. The van der Waals surface area contributed by atoms with Crippen LogP contribution in [-0.4, -0.2) is 24.0 Å². The number of hydrogen-bond acceptors (Lipinski definition) is 1. The van der Waals surface area contributed by atoms with Gasteiger partial charge in [-0.1, -0.05) is 26.0 Å². The van der Waals surface area contributed by atoms with E-state index in [4.69, 9.17) is 0 Å². The quantitative estimate of drug-likeness (QED) is 0.836. The number of para-hydroxylation sites is 1. The molecule has 2 atom stereocenters. The van der Waals surface area contributed by atoms with E-state index < -0.39 is 0 Å². The van der Waals surface area contributed by atoms with Crippen LogP contribution in [0.1, 0.15) is 20.3 Å². The van der Waals surface area contributed by atoms with Gasteiger partial charge >= 0.3 is 6.03 Å². The van der Waals surface area contributed by atoms with Crippen LogP contribution >= 0.6 is 15.9 Å². The van der Waals surface area contributed by atoms with Gasteiger partial charge in [-0.3, -0.25) is 0 Å². The highest BCUT2D eigenvalue weighted by Gasteiger charge is 2.25. The van der Waals surface area contributed by atoms with Crippen LogP contribution in [0.3, 0.4) is 0 Å². The van der Waals surface area contributed by atoms with E-state index in [1.165, 1.54) is 6.42 Å². The average Bonchev–Trinajstić information content (AvgIpc) is 2.31. The van der Waals surface area contributed by atoms with Crippen molar-refractivity contribution in [3.63, 3.8) is 0 Å². The smallest absolute Gasteiger partial charge is 0.321 e. The molecule has 1 N–H and O–H groups in total. The van der Waals surface area contributed by atoms with Gasteiger partial charge < -0.3 is 10.2 Å². The number of rotatable bonds is 1. The molecular weight excluding hydrogens is 292 g/mol. The molecule has 1 aliphatic heterocycles. The molecule has 1 fully saturated rings. The number of carbonyl (C=O) groups is 1. The van der Waals surface area contributed by atoms with Crippen molar-refractivity contribution in [2.24, 2.45) is 11.8 Å². The lowest BCUT2D eigenvalue weighted by molar-refractivity contribution is 0.156. The second kappa shape index (κ2) is 5.74. The van der Waals surface area contributed by atoms with Crippen LogP contribution in [0.4, 0.5) is 10.5 Å². The fourth-order valence-corrected chi connectivity index (χ4v) is 2.97. The third-order valence-corrected chi connectivity index (χ3v) is 3.96. The van der Waals surface area contributed by atoms with Crippen molar-refractivity contribution in [3.05, 3.63) is 28.7 Å². The van der Waals surface area contributed by atoms with E-state index in [1.54, 1.807) is 0 Å². The molecule has 98 valence electrons. The van der Waals surface area contributed by atoms with Gasteiger partial charge in [0.1, 0.15) is 0 Å². The van der Waals surface area contributed by atoms with E-state index in [9.17, 15) is 4.79 Å². The highest BCUT2D eigenvalue weighted by atomic mass is 79.9. The van der Waals surface area contributed by atoms with Gasteiger partial charge in [0.25, 0.3) is 0 Å². The van der Waals surface area contributed by atoms with E-state index in [2.05, 4.69) is 35.1 Å². The zero-order valence-corrected chi connectivity index (χ0v) is 12.4. The number of amides is 2. The summed E-state index contributed by atoms with van der Waals surface area (Å²) in [6.45, 7) is 6.10. The normalized spacial score (nSPS) is 23.8. The molecule has 1 heterocycles. The third kappa shape index (κ3) is 3.25. The summed E-state index contributed by atoms with van der Waals surface area (Å²) in [5, 5.41) is 2.96. The number of piperidine rings is 1. The van der Waals surface area contributed by atoms with Crippen molar-refractivity contribution in [1.29, 1.82) is 0 Å². The Labute approximate surface area is 117 Å². The minimum absolute atomic E-state index is 0.000278. The van der Waals surface area contributed by atoms with E-state index in [0.717, 1.165) is 23.2 Å². The number of anilines is 1. The molecule has 4 heteroatoms. The summed E-state index contributed by atoms with van der Waals surface area (Å²) < 4.78 is 0.913. The van der Waals surface area contributed by atoms with Crippen LogP contribution in [0.25, 0.3) is 0 Å². The van der Waals surface area contributed by atoms with Gasteiger partial charge in [0.2, 0.25) is 0 Å². The highest BCUT2D eigenvalue weighted by Crippen LogP contribution is 2.24. The van der Waals surface area contributed by atoms with Crippen molar-refractivity contribution in [2.45, 2.75) is 20.3 Å². The highest BCUT2D eigenvalue weighted by molar-refractivity contribution is 9.10. The summed E-state index contributed by atoms with van der Waals surface area (Å²) in [6, 6.07) is 7.68. The number of halogens is 1. The summed E-state index contributed by atoms with van der Waals surface area (Å²) in [7, 11) is 0. The van der Waals surface area contributed by atoms with Gasteiger partial charge in [0, 0.05) is 17.6 Å². The fraction of sp³-hybridized carbons (Fsp3) is 0.500. The Hall–Kier alpha value is -1.03. The summed E-state index contributed by atoms with van der Waals surface area (Å²) in [6.07, 6.45) is 1.21. The molecule has 2 amide bonds. The largest absolute Gasteiger partial charge is 0.324 e. The molecule has 1 aliphatic rings. The van der Waals surface area contributed by atoms with Crippen molar-refractivity contribution in [1.82, 2.24) is 4.90 Å². The molecule has 0 saturated carbocycles. The maximum atomic E-state index is 12.2. The lowest BCUT2D eigenvalue weighted by atomic mass is 9.92. The lowest BCUT2D eigenvalue weighted by Gasteiger charge is -2.35. The van der Waals surface area contributed by atoms with Crippen molar-refractivity contribution < 1.29 is 4.79 Å². The number of nitrogens with one attached hydrogen (secondary N) is 1. The molecule has 2 rings (SSSR count). The van der Waals surface area contributed by atoms with Crippen molar-refractivity contribution >= 4 is 27.6 Å². The topological polar surface area (TPSA) is 32.3 Å². The minimum Gasteiger partial charge on any atom is -0.324 e. The molecule has 0 radical (unpaired) electrons. The molecule has 0 spiro atoms. The molecule has 1 aromatic rings. The number of hydrogen-bond donors (Lipinski definition) is 1. The summed E-state index contributed by atoms with van der Waals surface area (Å²) in [4.78, 5) is 14.1. The van der Waals surface area contributed by atoms with Crippen molar-refractivity contribution in [2.75, 3.05) is 18.4 Å². The fourth-order valence-electron chi connectivity index (χ4n) is 2.59. The SMILES string of the molecule is C[C@H]1C[C@H](C)CN(C(=O)Nc2ccccc2Br)C1. The van der Waals surface area contributed by atoms with E-state index in [-0.39, 0.29) is 6.03 Å². The van der Waals surface area contributed by atoms with Crippen LogP contribution in [0.15, 0.2) is 28.7 Å². The molecule has 3 nitrogen and oxygen atoms in total. The monoisotopic (exact) mass is 310 g/mol. The van der Waals surface area contributed by atoms with Gasteiger partial charge in [0.05, 0.1) is 5.69 Å². The Morgan fingerprint density at radius 3 is 2.50 bits per heavy atom. The summed E-state index contributed by atoms with van der Waals surface area (Å²) in [5.74, 6) is 1.16. The Morgan fingerprint density at radius 1 is 1.28 bits per heavy atom. The van der Waals surface area contributed by atoms with Gasteiger partial charge in [-0.2, -0.15) is 0 Å². The first kappa shape index (κ1) is 13.4. The third-order valence-electron chi connectivity index (χ3n) is 3.27. The maximum absolute atomic E-state index is 12.2. The van der Waals surface area contributed by atoms with E-state index in [1.807, 2.05) is 29.2 Å². The summed E-state index contributed by atoms with van der Waals surface area (Å²) in [5.41, 5.74) is 0.827. The minimum atomic E-state index is 0.000278. The first-order chi connectivity index (χ1) is 8.56. The molecule has 0 aromatic heterocycles. The predicted molar refractivity (Wildman–Crippen MR) is 77.7 cm³/mol. The van der Waals surface area contributed by atoms with Gasteiger partial charge in [-0.05, 0) is 46.3 Å². The Morgan fingerprint density at radius 2 is 1.89 bits per heavy atom. The molecule has 18 heavy (non-hydrogen) atoms. The zero-order chi connectivity index (χ0) is 13.1. The first-order valence-corrected chi connectivity index (χ1v) is 7.16. The van der Waals surface area contributed by atoms with Gasteiger partial charge in [-0.25, -0.2) is 4.79 Å². The molecule has 0 bridgehead atoms. The molecule has 1 saturated heterocycles. The second-order valence-electron chi connectivity index (χ2n) is 5.26. The number of likely N-dealkylation sites (tertiary alicyclic amines) is 1. The molecule has 1 aromatic carbocycles. The molecule has 0 aliphatic carbocycles. The van der Waals surface area contributed by atoms with Gasteiger partial charge in [-0.15, -0.1) is 0 Å². The predicted octanol–water partition coefficient (Wildman–Crippen LogP) is 3.96. The number of benzene rings is 1. The second-order valence-corrected chi connectivity index (χ2v) is 6.12. The van der Waals surface area contributed by atoms with E-state index in [0.29, 0.717) is 11.8 Å². The number of carbonyl (C=O) groups excluding carboxylic acids is 1. The van der Waals surface area contributed by atoms with Crippen LogP contribution < -0.4 is 5.32 Å². The Kier molecular flexibility index (Phi) is 4.27. The standard InChI is InChI=1S/C14H19BrN2O/c1-10-7-11(2)9-17(8-10)14(18)16-13-6-4-3-5-12(13)15/h3-6,10-11H,7-9H2,1-2H3,(H,16,18)/t10-,11-/m0/s1. The van der Waals surface area contributed by atoms with Crippen LogP contribution in [0, 0.1) is 11.8 Å². The molecule has 0 unspecified atom stereocenters. The van der Waals surface area contributed by atoms with Crippen LogP contribution in [-0.2, 0) is 0 Å². The zero-order valence-electron chi connectivity index (χ0n) is 10.8. The average molecular weight is 311 g/mol. The van der Waals surface area contributed by atoms with E-state index >= 15 is 0 Å². The number of urea groups is 1. The van der Waals surface area contributed by atoms with Gasteiger partial charge in [0.15, 0.2) is 0 Å². The summed E-state index contributed by atoms with van der Waals surface area (Å²) >= 11 is 3.44. The first-order valence-electron chi connectivity index (χ1n) is 6.36.